The van der Waals surface area contributed by atoms with Crippen LogP contribution in [0, 0.1) is 50.2 Å². The first-order valence-corrected chi connectivity index (χ1v) is 16.1. The molecular formula is C35H52O6. The minimum Gasteiger partial charge on any atom is -0.481 e. The quantitative estimate of drug-likeness (QED) is 0.215. The van der Waals surface area contributed by atoms with Crippen LogP contribution in [-0.2, 0) is 19.1 Å². The van der Waals surface area contributed by atoms with E-state index >= 15 is 0 Å². The lowest BCUT2D eigenvalue weighted by Gasteiger charge is -2.74. The van der Waals surface area contributed by atoms with Gasteiger partial charge in [-0.1, -0.05) is 59.3 Å². The molecule has 2 heterocycles. The number of ether oxygens (including phenoxy) is 2. The van der Waals surface area contributed by atoms with Crippen LogP contribution in [0.2, 0.25) is 0 Å². The molecule has 6 fully saturated rings. The first-order valence-electron chi connectivity index (χ1n) is 16.1. The third kappa shape index (κ3) is 3.50. The van der Waals surface area contributed by atoms with Crippen LogP contribution in [0.5, 0.6) is 0 Å². The van der Waals surface area contributed by atoms with E-state index in [0.29, 0.717) is 43.3 Å². The molecule has 9 atom stereocenters. The molecule has 1 unspecified atom stereocenters. The van der Waals surface area contributed by atoms with Gasteiger partial charge in [0.15, 0.2) is 5.79 Å². The van der Waals surface area contributed by atoms with Crippen molar-refractivity contribution in [2.45, 2.75) is 125 Å². The van der Waals surface area contributed by atoms with E-state index in [0.717, 1.165) is 38.5 Å². The second-order valence-corrected chi connectivity index (χ2v) is 16.7. The summed E-state index contributed by atoms with van der Waals surface area (Å²) in [5.74, 6) is -1.60. The number of carboxylic acid groups (broad SMARTS) is 1. The Hall–Kier alpha value is -1.66. The molecule has 4 saturated carbocycles. The largest absolute Gasteiger partial charge is 0.481 e. The summed E-state index contributed by atoms with van der Waals surface area (Å²) in [4.78, 5) is 26.4. The van der Waals surface area contributed by atoms with Crippen LogP contribution in [0.25, 0.3) is 0 Å². The average molecular weight is 569 g/mol. The fourth-order valence-corrected chi connectivity index (χ4v) is 11.7. The number of hydrogen-bond acceptors (Lipinski definition) is 5. The van der Waals surface area contributed by atoms with Crippen LogP contribution in [0.3, 0.4) is 0 Å². The Morgan fingerprint density at radius 1 is 1.00 bits per heavy atom. The third-order valence-electron chi connectivity index (χ3n) is 14.5. The number of aliphatic carboxylic acids is 1. The maximum absolute atomic E-state index is 13.4. The SMILES string of the molecule is CC=C(C)C(=O)OC1CC(C)(C)C[C@@H]2C3=CC[C@H]4[C@]56CC[C@](O)(OC5)C(C)(C)[C@H]6CC[C@@]4(C)[C@]3(C)CC[C@@]12C(=O)O. The van der Waals surface area contributed by atoms with E-state index in [1.807, 2.05) is 6.92 Å². The van der Waals surface area contributed by atoms with Gasteiger partial charge in [0.2, 0.25) is 0 Å². The highest BCUT2D eigenvalue weighted by molar-refractivity contribution is 5.88. The zero-order chi connectivity index (χ0) is 30.0. The molecule has 0 aromatic carbocycles. The molecule has 2 bridgehead atoms. The molecule has 0 radical (unpaired) electrons. The molecule has 6 heteroatoms. The molecule has 7 aliphatic rings. The molecule has 41 heavy (non-hydrogen) atoms. The second-order valence-electron chi connectivity index (χ2n) is 16.7. The fraction of sp³-hybridized carbons (Fsp3) is 0.829. The van der Waals surface area contributed by atoms with E-state index < -0.39 is 29.2 Å². The Morgan fingerprint density at radius 3 is 2.32 bits per heavy atom. The first kappa shape index (κ1) is 29.4. The Morgan fingerprint density at radius 2 is 1.71 bits per heavy atom. The molecule has 228 valence electrons. The number of aliphatic hydroxyl groups is 1. The van der Waals surface area contributed by atoms with Gasteiger partial charge in [0.25, 0.3) is 0 Å². The van der Waals surface area contributed by atoms with Crippen LogP contribution < -0.4 is 0 Å². The van der Waals surface area contributed by atoms with Gasteiger partial charge in [-0.25, -0.2) is 4.79 Å². The number of carboxylic acids is 1. The molecule has 0 aromatic heterocycles. The summed E-state index contributed by atoms with van der Waals surface area (Å²) in [6.07, 6.45) is 10.9. The first-order chi connectivity index (χ1) is 18.9. The molecule has 0 aromatic rings. The lowest BCUT2D eigenvalue weighted by atomic mass is 9.32. The predicted octanol–water partition coefficient (Wildman–Crippen LogP) is 7.06. The zero-order valence-electron chi connectivity index (χ0n) is 26.6. The van der Waals surface area contributed by atoms with Crippen molar-refractivity contribution in [2.75, 3.05) is 6.61 Å². The summed E-state index contributed by atoms with van der Waals surface area (Å²) in [6, 6.07) is 0. The van der Waals surface area contributed by atoms with E-state index in [1.165, 1.54) is 5.57 Å². The normalized spacial score (nSPS) is 49.5. The highest BCUT2D eigenvalue weighted by Crippen LogP contribution is 2.78. The molecule has 2 N–H and O–H groups in total. The summed E-state index contributed by atoms with van der Waals surface area (Å²) >= 11 is 0. The lowest BCUT2D eigenvalue weighted by Crippen LogP contribution is -2.73. The van der Waals surface area contributed by atoms with E-state index in [-0.39, 0.29) is 33.0 Å². The minimum atomic E-state index is -1.11. The third-order valence-corrected chi connectivity index (χ3v) is 14.5. The number of hydrogen-bond donors (Lipinski definition) is 2. The predicted molar refractivity (Wildman–Crippen MR) is 157 cm³/mol. The molecule has 2 saturated heterocycles. The summed E-state index contributed by atoms with van der Waals surface area (Å²) < 4.78 is 12.5. The average Bonchev–Trinajstić information content (AvgIpc) is 2.88. The van der Waals surface area contributed by atoms with E-state index in [2.05, 4.69) is 47.6 Å². The van der Waals surface area contributed by atoms with Crippen LogP contribution in [0.1, 0.15) is 113 Å². The van der Waals surface area contributed by atoms with Gasteiger partial charge in [0, 0.05) is 28.7 Å². The van der Waals surface area contributed by atoms with Gasteiger partial charge in [-0.05, 0) is 93.3 Å². The van der Waals surface area contributed by atoms with E-state index in [1.54, 1.807) is 13.0 Å². The van der Waals surface area contributed by atoms with E-state index in [4.69, 9.17) is 9.47 Å². The van der Waals surface area contributed by atoms with Crippen LogP contribution in [0.15, 0.2) is 23.3 Å². The van der Waals surface area contributed by atoms with E-state index in [9.17, 15) is 19.8 Å². The van der Waals surface area contributed by atoms with Crippen molar-refractivity contribution >= 4 is 11.9 Å². The number of allylic oxidation sites excluding steroid dienone is 3. The van der Waals surface area contributed by atoms with Crippen molar-refractivity contribution in [3.63, 3.8) is 0 Å². The maximum Gasteiger partial charge on any atom is 0.333 e. The van der Waals surface area contributed by atoms with Gasteiger partial charge in [0.1, 0.15) is 11.5 Å². The number of rotatable bonds is 3. The molecule has 6 nitrogen and oxygen atoms in total. The summed E-state index contributed by atoms with van der Waals surface area (Å²) in [5, 5.41) is 22.4. The van der Waals surface area contributed by atoms with Gasteiger partial charge in [-0.15, -0.1) is 0 Å². The second kappa shape index (κ2) is 8.71. The summed E-state index contributed by atoms with van der Waals surface area (Å²) in [7, 11) is 0. The topological polar surface area (TPSA) is 93.1 Å². The fourth-order valence-electron chi connectivity index (χ4n) is 11.7. The maximum atomic E-state index is 13.4. The smallest absolute Gasteiger partial charge is 0.333 e. The summed E-state index contributed by atoms with van der Waals surface area (Å²) in [6.45, 7) is 17.9. The molecular weight excluding hydrogens is 516 g/mol. The van der Waals surface area contributed by atoms with Gasteiger partial charge in [0.05, 0.1) is 6.61 Å². The standard InChI is InChI=1S/C35H52O6/c1-9-21(2)27(36)41-26-19-29(3,4)18-23-22-10-11-25-32(8,31(22,7)14-16-34(23,26)28(37)38)13-12-24-30(5,6)35(39)17-15-33(24,25)20-40-35/h9-10,23-26,39H,11-20H2,1-8H3,(H,37,38)/t23-,24-,25-,26?,31-,32-,33-,34+,35+/m1/s1. The molecule has 7 rings (SSSR count). The van der Waals surface area contributed by atoms with Gasteiger partial charge >= 0.3 is 11.9 Å². The summed E-state index contributed by atoms with van der Waals surface area (Å²) in [5.41, 5.74) is 0.153. The number of fused-ring (bicyclic) bond motifs is 7. The van der Waals surface area contributed by atoms with Crippen LogP contribution >= 0.6 is 0 Å². The van der Waals surface area contributed by atoms with Crippen molar-refractivity contribution in [3.8, 4) is 0 Å². The van der Waals surface area contributed by atoms with Crippen molar-refractivity contribution in [2.24, 2.45) is 50.2 Å². The van der Waals surface area contributed by atoms with Crippen LogP contribution in [-0.4, -0.2) is 40.6 Å². The van der Waals surface area contributed by atoms with Gasteiger partial charge in [-0.3, -0.25) is 4.79 Å². The Kier molecular flexibility index (Phi) is 6.25. The van der Waals surface area contributed by atoms with Crippen molar-refractivity contribution < 1.29 is 29.3 Å². The molecule has 2 aliphatic heterocycles. The van der Waals surface area contributed by atoms with Crippen molar-refractivity contribution in [1.29, 1.82) is 0 Å². The van der Waals surface area contributed by atoms with Crippen LogP contribution in [0.4, 0.5) is 0 Å². The minimum absolute atomic E-state index is 0.000216. The highest BCUT2D eigenvalue weighted by atomic mass is 16.6. The van der Waals surface area contributed by atoms with Gasteiger partial charge in [-0.2, -0.15) is 0 Å². The number of esters is 1. The Balaban J connectivity index is 1.44. The molecule has 1 spiro atoms. The monoisotopic (exact) mass is 568 g/mol. The molecule has 0 amide bonds. The zero-order valence-corrected chi connectivity index (χ0v) is 26.6. The Bertz CT molecular complexity index is 1220. The highest BCUT2D eigenvalue weighted by Gasteiger charge is 2.75. The number of carbonyl (C=O) groups excluding carboxylic acids is 1. The van der Waals surface area contributed by atoms with Crippen molar-refractivity contribution in [1.82, 2.24) is 0 Å². The van der Waals surface area contributed by atoms with Gasteiger partial charge < -0.3 is 19.7 Å². The van der Waals surface area contributed by atoms with Crippen molar-refractivity contribution in [3.05, 3.63) is 23.3 Å². The molecule has 5 aliphatic carbocycles. The lowest BCUT2D eigenvalue weighted by molar-refractivity contribution is -0.395. The Labute approximate surface area is 246 Å². The number of carbonyl (C=O) groups is 2.